The summed E-state index contributed by atoms with van der Waals surface area (Å²) in [6.07, 6.45) is 5.30. The van der Waals surface area contributed by atoms with E-state index in [0.29, 0.717) is 38.4 Å². The lowest BCUT2D eigenvalue weighted by Crippen LogP contribution is -2.48. The zero-order valence-corrected chi connectivity index (χ0v) is 15.8. The highest BCUT2D eigenvalue weighted by Crippen LogP contribution is 2.40. The molecule has 2 saturated heterocycles. The van der Waals surface area contributed by atoms with E-state index in [1.165, 1.54) is 6.07 Å². The Morgan fingerprint density at radius 3 is 2.81 bits per heavy atom. The van der Waals surface area contributed by atoms with Gasteiger partial charge in [-0.3, -0.25) is 4.79 Å². The summed E-state index contributed by atoms with van der Waals surface area (Å²) >= 11 is 0. The van der Waals surface area contributed by atoms with Crippen LogP contribution in [0.25, 0.3) is 0 Å². The van der Waals surface area contributed by atoms with Crippen molar-refractivity contribution >= 4 is 15.9 Å². The molecule has 1 spiro atoms. The molecule has 0 aliphatic carbocycles. The van der Waals surface area contributed by atoms with Crippen LogP contribution in [-0.2, 0) is 14.8 Å². The summed E-state index contributed by atoms with van der Waals surface area (Å²) in [4.78, 5) is 12.3. The third kappa shape index (κ3) is 4.00. The molecule has 1 N–H and O–H groups in total. The van der Waals surface area contributed by atoms with Crippen LogP contribution in [0, 0.1) is 5.41 Å². The van der Waals surface area contributed by atoms with Crippen molar-refractivity contribution in [2.24, 2.45) is 5.41 Å². The SMILES string of the molecule is C=CCNC(=O)c1cccc(S(=O)(=O)N2CCCC3(CCOCC3)C2)c1. The average molecular weight is 378 g/mol. The molecule has 2 aliphatic rings. The Morgan fingerprint density at radius 1 is 1.31 bits per heavy atom. The summed E-state index contributed by atoms with van der Waals surface area (Å²) in [5, 5.41) is 2.67. The minimum atomic E-state index is -3.62. The van der Waals surface area contributed by atoms with Crippen LogP contribution < -0.4 is 5.32 Å². The second-order valence-corrected chi connectivity index (χ2v) is 9.02. The first-order chi connectivity index (χ1) is 12.5. The van der Waals surface area contributed by atoms with E-state index in [2.05, 4.69) is 11.9 Å². The molecule has 2 heterocycles. The maximum absolute atomic E-state index is 13.1. The maximum atomic E-state index is 13.1. The zero-order valence-electron chi connectivity index (χ0n) is 14.9. The highest BCUT2D eigenvalue weighted by atomic mass is 32.2. The predicted molar refractivity (Wildman–Crippen MR) is 99.5 cm³/mol. The summed E-state index contributed by atoms with van der Waals surface area (Å²) in [5.74, 6) is -0.304. The number of rotatable bonds is 5. The van der Waals surface area contributed by atoms with Gasteiger partial charge in [-0.2, -0.15) is 4.31 Å². The van der Waals surface area contributed by atoms with Gasteiger partial charge in [-0.15, -0.1) is 6.58 Å². The Bertz CT molecular complexity index is 764. The van der Waals surface area contributed by atoms with Gasteiger partial charge in [0.25, 0.3) is 5.91 Å². The largest absolute Gasteiger partial charge is 0.381 e. The van der Waals surface area contributed by atoms with Gasteiger partial charge in [0.05, 0.1) is 4.90 Å². The fraction of sp³-hybridized carbons (Fsp3) is 0.526. The summed E-state index contributed by atoms with van der Waals surface area (Å²) in [7, 11) is -3.62. The number of carbonyl (C=O) groups excluding carboxylic acids is 1. The van der Waals surface area contributed by atoms with Crippen LogP contribution in [0.1, 0.15) is 36.0 Å². The third-order valence-electron chi connectivity index (χ3n) is 5.32. The lowest BCUT2D eigenvalue weighted by molar-refractivity contribution is -0.0117. The van der Waals surface area contributed by atoms with E-state index in [1.807, 2.05) is 0 Å². The van der Waals surface area contributed by atoms with E-state index in [4.69, 9.17) is 4.74 Å². The molecule has 0 saturated carbocycles. The van der Waals surface area contributed by atoms with Gasteiger partial charge in [0.2, 0.25) is 10.0 Å². The van der Waals surface area contributed by atoms with Crippen molar-refractivity contribution in [2.75, 3.05) is 32.8 Å². The number of ether oxygens (including phenoxy) is 1. The smallest absolute Gasteiger partial charge is 0.251 e. The molecular formula is C19H26N2O4S. The quantitative estimate of drug-likeness (QED) is 0.797. The molecule has 0 radical (unpaired) electrons. The molecule has 0 atom stereocenters. The van der Waals surface area contributed by atoms with Gasteiger partial charge in [-0.05, 0) is 49.3 Å². The number of benzene rings is 1. The van der Waals surface area contributed by atoms with Gasteiger partial charge >= 0.3 is 0 Å². The standard InChI is InChI=1S/C19H26N2O4S/c1-2-10-20-18(22)16-5-3-6-17(14-16)26(23,24)21-11-4-7-19(15-21)8-12-25-13-9-19/h2-3,5-6,14H,1,4,7-13,15H2,(H,20,22). The normalized spacial score (nSPS) is 20.6. The molecule has 3 rings (SSSR count). The number of carbonyl (C=O) groups is 1. The van der Waals surface area contributed by atoms with Gasteiger partial charge in [0, 0.05) is 38.4 Å². The molecule has 0 aromatic heterocycles. The summed E-state index contributed by atoms with van der Waals surface area (Å²) in [6, 6.07) is 6.25. The van der Waals surface area contributed by atoms with Crippen LogP contribution in [0.3, 0.4) is 0 Å². The molecule has 1 aromatic carbocycles. The molecule has 1 amide bonds. The Morgan fingerprint density at radius 2 is 2.08 bits per heavy atom. The van der Waals surface area contributed by atoms with Crippen LogP contribution in [-0.4, -0.2) is 51.5 Å². The first-order valence-electron chi connectivity index (χ1n) is 9.04. The van der Waals surface area contributed by atoms with Crippen LogP contribution in [0.15, 0.2) is 41.8 Å². The fourth-order valence-electron chi connectivity index (χ4n) is 3.79. The van der Waals surface area contributed by atoms with Gasteiger partial charge in [-0.1, -0.05) is 12.1 Å². The van der Waals surface area contributed by atoms with E-state index in [-0.39, 0.29) is 16.2 Å². The molecule has 1 aromatic rings. The van der Waals surface area contributed by atoms with Crippen LogP contribution >= 0.6 is 0 Å². The Hall–Kier alpha value is -1.70. The molecular weight excluding hydrogens is 352 g/mol. The summed E-state index contributed by atoms with van der Waals surface area (Å²) < 4.78 is 33.3. The molecule has 6 nitrogen and oxygen atoms in total. The summed E-state index contributed by atoms with van der Waals surface area (Å²) in [5.41, 5.74) is 0.369. The van der Waals surface area contributed by atoms with Crippen molar-refractivity contribution in [3.8, 4) is 0 Å². The van der Waals surface area contributed by atoms with Crippen LogP contribution in [0.4, 0.5) is 0 Å². The van der Waals surface area contributed by atoms with Crippen molar-refractivity contribution < 1.29 is 17.9 Å². The summed E-state index contributed by atoms with van der Waals surface area (Å²) in [6.45, 7) is 6.36. The second-order valence-electron chi connectivity index (χ2n) is 7.08. The van der Waals surface area contributed by atoms with Crippen molar-refractivity contribution in [3.05, 3.63) is 42.5 Å². The van der Waals surface area contributed by atoms with E-state index in [1.54, 1.807) is 28.6 Å². The zero-order chi connectivity index (χ0) is 18.6. The number of hydrogen-bond donors (Lipinski definition) is 1. The highest BCUT2D eigenvalue weighted by molar-refractivity contribution is 7.89. The molecule has 142 valence electrons. The molecule has 2 fully saturated rings. The second kappa shape index (κ2) is 7.90. The van der Waals surface area contributed by atoms with Gasteiger partial charge < -0.3 is 10.1 Å². The topological polar surface area (TPSA) is 75.7 Å². The van der Waals surface area contributed by atoms with E-state index < -0.39 is 10.0 Å². The number of hydrogen-bond acceptors (Lipinski definition) is 4. The molecule has 26 heavy (non-hydrogen) atoms. The molecule has 0 unspecified atom stereocenters. The van der Waals surface area contributed by atoms with Crippen molar-refractivity contribution in [1.82, 2.24) is 9.62 Å². The van der Waals surface area contributed by atoms with Gasteiger partial charge in [0.15, 0.2) is 0 Å². The monoisotopic (exact) mass is 378 g/mol. The lowest BCUT2D eigenvalue weighted by Gasteiger charge is -2.44. The number of nitrogens with zero attached hydrogens (tertiary/aromatic N) is 1. The lowest BCUT2D eigenvalue weighted by atomic mass is 9.74. The van der Waals surface area contributed by atoms with Crippen molar-refractivity contribution in [1.29, 1.82) is 0 Å². The minimum absolute atomic E-state index is 0.0303. The van der Waals surface area contributed by atoms with Crippen LogP contribution in [0.2, 0.25) is 0 Å². The Labute approximate surface area is 155 Å². The first kappa shape index (κ1) is 19.1. The number of amides is 1. The van der Waals surface area contributed by atoms with E-state index in [9.17, 15) is 13.2 Å². The number of nitrogens with one attached hydrogen (secondary N) is 1. The van der Waals surface area contributed by atoms with E-state index in [0.717, 1.165) is 25.7 Å². The first-order valence-corrected chi connectivity index (χ1v) is 10.5. The minimum Gasteiger partial charge on any atom is -0.381 e. The molecule has 7 heteroatoms. The van der Waals surface area contributed by atoms with Crippen molar-refractivity contribution in [3.63, 3.8) is 0 Å². The number of piperidine rings is 1. The van der Waals surface area contributed by atoms with Gasteiger partial charge in [-0.25, -0.2) is 8.42 Å². The molecule has 2 aliphatic heterocycles. The molecule has 0 bridgehead atoms. The average Bonchev–Trinajstić information content (AvgIpc) is 2.67. The number of sulfonamides is 1. The Balaban J connectivity index is 1.81. The predicted octanol–water partition coefficient (Wildman–Crippen LogP) is 2.18. The van der Waals surface area contributed by atoms with Crippen molar-refractivity contribution in [2.45, 2.75) is 30.6 Å². The maximum Gasteiger partial charge on any atom is 0.251 e. The highest BCUT2D eigenvalue weighted by Gasteiger charge is 2.41. The fourth-order valence-corrected chi connectivity index (χ4v) is 5.43. The third-order valence-corrected chi connectivity index (χ3v) is 7.16. The Kier molecular flexibility index (Phi) is 5.79. The van der Waals surface area contributed by atoms with Crippen LogP contribution in [0.5, 0.6) is 0 Å². The van der Waals surface area contributed by atoms with E-state index >= 15 is 0 Å². The van der Waals surface area contributed by atoms with Gasteiger partial charge in [0.1, 0.15) is 0 Å².